The molecule has 0 aliphatic heterocycles. The minimum absolute atomic E-state index is 0. The fourth-order valence-corrected chi connectivity index (χ4v) is 0. The second kappa shape index (κ2) is 6.91. The molecule has 0 atom stereocenters. The van der Waals surface area contributed by atoms with Gasteiger partial charge in [-0.05, 0) is 0 Å². The molecule has 1 radical (unpaired) electrons. The van der Waals surface area contributed by atoms with Crippen molar-refractivity contribution < 1.29 is 53.8 Å². The first kappa shape index (κ1) is 16.4. The average Bonchev–Trinajstić information content (AvgIpc) is 1.35. The van der Waals surface area contributed by atoms with Crippen LogP contribution in [-0.2, 0) is 53.8 Å². The molecule has 0 N–H and O–H groups in total. The molecule has 0 heterocycles. The SMILES string of the molecule is [CH2-]C(C)(C)[CH-]C.[W].[Y]. The molecule has 0 amide bonds. The Bertz CT molecular complexity index is 38.3. The molecule has 2 heteroatoms. The maximum atomic E-state index is 3.83. The topological polar surface area (TPSA) is 0 Å². The van der Waals surface area contributed by atoms with E-state index < -0.39 is 0 Å². The first-order valence-electron chi connectivity index (χ1n) is 2.22. The third-order valence-corrected chi connectivity index (χ3v) is 0.781. The summed E-state index contributed by atoms with van der Waals surface area (Å²) in [7, 11) is 0. The maximum Gasteiger partial charge on any atom is 0 e. The summed E-state index contributed by atoms with van der Waals surface area (Å²) in [4.78, 5) is 0. The summed E-state index contributed by atoms with van der Waals surface area (Å²) in [5.74, 6) is 0. The summed E-state index contributed by atoms with van der Waals surface area (Å²) >= 11 is 0. The second-order valence-corrected chi connectivity index (χ2v) is 2.28. The average molecular weight is 357 g/mol. The first-order chi connectivity index (χ1) is 2.56. The molecule has 0 rings (SSSR count). The third-order valence-electron chi connectivity index (χ3n) is 0.781. The van der Waals surface area contributed by atoms with Gasteiger partial charge >= 0.3 is 0 Å². The van der Waals surface area contributed by atoms with Crippen LogP contribution >= 0.6 is 0 Å². The van der Waals surface area contributed by atoms with Gasteiger partial charge in [-0.25, -0.2) is 0 Å². The number of rotatable bonds is 1. The van der Waals surface area contributed by atoms with Crippen molar-refractivity contribution >= 4 is 0 Å². The Hall–Kier alpha value is 1.79. The monoisotopic (exact) mass is 357 g/mol. The van der Waals surface area contributed by atoms with Crippen LogP contribution in [0.4, 0.5) is 0 Å². The summed E-state index contributed by atoms with van der Waals surface area (Å²) in [5.41, 5.74) is 0.167. The van der Waals surface area contributed by atoms with Crippen LogP contribution in [0.15, 0.2) is 0 Å². The van der Waals surface area contributed by atoms with E-state index in [0.29, 0.717) is 0 Å². The van der Waals surface area contributed by atoms with E-state index in [2.05, 4.69) is 27.2 Å². The second-order valence-electron chi connectivity index (χ2n) is 2.28. The summed E-state index contributed by atoms with van der Waals surface area (Å²) in [6.07, 6.45) is 2.08. The molecule has 0 aromatic heterocycles. The van der Waals surface area contributed by atoms with Crippen LogP contribution in [0.5, 0.6) is 0 Å². The Kier molecular flexibility index (Phi) is 14.2. The Morgan fingerprint density at radius 3 is 1.50 bits per heavy atom. The van der Waals surface area contributed by atoms with Crippen molar-refractivity contribution in [1.29, 1.82) is 0 Å². The zero-order chi connectivity index (χ0) is 5.21. The van der Waals surface area contributed by atoms with Crippen LogP contribution in [0.25, 0.3) is 0 Å². The van der Waals surface area contributed by atoms with Crippen molar-refractivity contribution in [3.8, 4) is 0 Å². The summed E-state index contributed by atoms with van der Waals surface area (Å²) in [6, 6.07) is 0. The Morgan fingerprint density at radius 1 is 1.38 bits per heavy atom. The molecule has 0 saturated heterocycles. The van der Waals surface area contributed by atoms with Crippen molar-refractivity contribution in [2.45, 2.75) is 20.8 Å². The van der Waals surface area contributed by atoms with E-state index in [-0.39, 0.29) is 59.2 Å². The van der Waals surface area contributed by atoms with E-state index in [1.54, 1.807) is 0 Å². The molecule has 0 bridgehead atoms. The molecular weight excluding hydrogens is 345 g/mol. The van der Waals surface area contributed by atoms with E-state index in [9.17, 15) is 0 Å². The van der Waals surface area contributed by atoms with E-state index in [0.717, 1.165) is 0 Å². The molecule has 0 aromatic rings. The standard InChI is InChI=1S/C6H12.W.Y/c1-5-6(2,3)4;;/h5H,2H2,1,3-4H3;;/q-2;;. The molecule has 0 aliphatic rings. The van der Waals surface area contributed by atoms with Crippen LogP contribution in [0.3, 0.4) is 0 Å². The molecule has 0 nitrogen and oxygen atoms in total. The van der Waals surface area contributed by atoms with Gasteiger partial charge in [0.15, 0.2) is 0 Å². The van der Waals surface area contributed by atoms with E-state index in [1.165, 1.54) is 0 Å². The van der Waals surface area contributed by atoms with Gasteiger partial charge in [0.25, 0.3) is 0 Å². The largest absolute Gasteiger partial charge is 0.367 e. The van der Waals surface area contributed by atoms with Gasteiger partial charge in [0.1, 0.15) is 0 Å². The quantitative estimate of drug-likeness (QED) is 0.631. The van der Waals surface area contributed by atoms with Gasteiger partial charge in [0, 0.05) is 53.8 Å². The molecule has 47 valence electrons. The molecule has 0 aromatic carbocycles. The van der Waals surface area contributed by atoms with E-state index >= 15 is 0 Å². The van der Waals surface area contributed by atoms with Crippen LogP contribution in [-0.4, -0.2) is 0 Å². The minimum Gasteiger partial charge on any atom is -0.367 e. The van der Waals surface area contributed by atoms with Gasteiger partial charge in [-0.3, -0.25) is 5.41 Å². The van der Waals surface area contributed by atoms with E-state index in [4.69, 9.17) is 0 Å². The van der Waals surface area contributed by atoms with Crippen molar-refractivity contribution in [3.63, 3.8) is 0 Å². The fraction of sp³-hybridized carbons (Fsp3) is 0.667. The van der Waals surface area contributed by atoms with Crippen LogP contribution in [0.2, 0.25) is 0 Å². The molecule has 0 spiro atoms. The molecule has 0 unspecified atom stereocenters. The third kappa shape index (κ3) is 15.7. The number of hydrogen-bond donors (Lipinski definition) is 0. The Morgan fingerprint density at radius 2 is 1.50 bits per heavy atom. The zero-order valence-electron chi connectivity index (χ0n) is 5.77. The smallest absolute Gasteiger partial charge is 0 e. The Balaban J connectivity index is -0.000000125. The van der Waals surface area contributed by atoms with Gasteiger partial charge in [-0.2, -0.15) is 6.92 Å². The molecular formula is C6H12WY-2. The normalized spacial score (nSPS) is 9.00. The molecule has 0 saturated carbocycles. The summed E-state index contributed by atoms with van der Waals surface area (Å²) < 4.78 is 0. The first-order valence-corrected chi connectivity index (χ1v) is 2.22. The minimum atomic E-state index is 0. The van der Waals surface area contributed by atoms with E-state index in [1.807, 2.05) is 6.92 Å². The molecule has 8 heavy (non-hydrogen) atoms. The predicted molar refractivity (Wildman–Crippen MR) is 29.1 cm³/mol. The maximum absolute atomic E-state index is 3.83. The van der Waals surface area contributed by atoms with Gasteiger partial charge in [0.05, 0.1) is 0 Å². The van der Waals surface area contributed by atoms with Crippen LogP contribution < -0.4 is 0 Å². The molecule has 0 fully saturated rings. The van der Waals surface area contributed by atoms with Gasteiger partial charge < -0.3 is 13.3 Å². The summed E-state index contributed by atoms with van der Waals surface area (Å²) in [5, 5.41) is 0. The van der Waals surface area contributed by atoms with Crippen molar-refractivity contribution in [3.05, 3.63) is 13.3 Å². The summed E-state index contributed by atoms with van der Waals surface area (Å²) in [6.45, 7) is 10.0. The van der Waals surface area contributed by atoms with Gasteiger partial charge in [-0.1, -0.05) is 0 Å². The zero-order valence-corrected chi connectivity index (χ0v) is 11.5. The van der Waals surface area contributed by atoms with Gasteiger partial charge in [-0.15, -0.1) is 13.8 Å². The van der Waals surface area contributed by atoms with Crippen molar-refractivity contribution in [2.75, 3.05) is 0 Å². The fourth-order valence-electron chi connectivity index (χ4n) is 0. The van der Waals surface area contributed by atoms with Crippen LogP contribution in [0, 0.1) is 18.8 Å². The van der Waals surface area contributed by atoms with Gasteiger partial charge in [0.2, 0.25) is 0 Å². The number of hydrogen-bond acceptors (Lipinski definition) is 0. The van der Waals surface area contributed by atoms with Crippen LogP contribution in [0.1, 0.15) is 20.8 Å². The van der Waals surface area contributed by atoms with Crippen molar-refractivity contribution in [1.82, 2.24) is 0 Å². The predicted octanol–water partition coefficient (Wildman–Crippen LogP) is 2.07. The Labute approximate surface area is 92.3 Å². The molecule has 0 aliphatic carbocycles. The van der Waals surface area contributed by atoms with Crippen molar-refractivity contribution in [2.24, 2.45) is 5.41 Å².